The lowest BCUT2D eigenvalue weighted by Crippen LogP contribution is -2.15. The van der Waals surface area contributed by atoms with Gasteiger partial charge in [-0.1, -0.05) is 36.4 Å². The molecule has 0 saturated heterocycles. The summed E-state index contributed by atoms with van der Waals surface area (Å²) in [6, 6.07) is 22.7. The molecule has 0 bridgehead atoms. The number of ketones is 3. The van der Waals surface area contributed by atoms with Crippen molar-refractivity contribution in [2.24, 2.45) is 0 Å². The van der Waals surface area contributed by atoms with Gasteiger partial charge in [-0.25, -0.2) is 0 Å². The first-order valence-electron chi connectivity index (χ1n) is 14.2. The van der Waals surface area contributed by atoms with Crippen molar-refractivity contribution >= 4 is 34.4 Å². The van der Waals surface area contributed by atoms with Gasteiger partial charge >= 0.3 is 0 Å². The Labute approximate surface area is 248 Å². The summed E-state index contributed by atoms with van der Waals surface area (Å²) >= 11 is 0. The number of hydrogen-bond acceptors (Lipinski definition) is 6. The van der Waals surface area contributed by atoms with Gasteiger partial charge in [-0.15, -0.1) is 0 Å². The van der Waals surface area contributed by atoms with Gasteiger partial charge < -0.3 is 16.0 Å². The van der Waals surface area contributed by atoms with Crippen molar-refractivity contribution in [1.82, 2.24) is 0 Å². The minimum atomic E-state index is 0.0331. The van der Waals surface area contributed by atoms with Crippen molar-refractivity contribution in [3.63, 3.8) is 0 Å². The zero-order valence-corrected chi connectivity index (χ0v) is 25.3. The summed E-state index contributed by atoms with van der Waals surface area (Å²) in [5, 5.41) is 10.6. The molecule has 0 amide bonds. The number of carbonyl (C=O) groups is 3. The average molecular weight is 562 g/mol. The number of nitrogens with one attached hydrogen (secondary N) is 3. The van der Waals surface area contributed by atoms with E-state index in [1.165, 1.54) is 33.4 Å². The van der Waals surface area contributed by atoms with Gasteiger partial charge in [0, 0.05) is 53.4 Å². The molecule has 0 radical (unpaired) electrons. The van der Waals surface area contributed by atoms with Crippen LogP contribution >= 0.6 is 0 Å². The highest BCUT2D eigenvalue weighted by atomic mass is 16.1. The summed E-state index contributed by atoms with van der Waals surface area (Å²) in [5.74, 6) is 0.0993. The lowest BCUT2D eigenvalue weighted by atomic mass is 9.87. The van der Waals surface area contributed by atoms with Crippen molar-refractivity contribution in [2.75, 3.05) is 16.0 Å². The van der Waals surface area contributed by atoms with Crippen LogP contribution in [0.25, 0.3) is 0 Å². The molecule has 216 valence electrons. The van der Waals surface area contributed by atoms with E-state index in [4.69, 9.17) is 0 Å². The van der Waals surface area contributed by atoms with E-state index in [0.717, 1.165) is 17.1 Å². The number of Topliss-reactive ketones (excluding diaryl/α,β-unsaturated/α-hetero) is 3. The average Bonchev–Trinajstić information content (AvgIpc) is 2.97. The molecule has 6 nitrogen and oxygen atoms in total. The molecule has 3 N–H and O–H groups in total. The Bertz CT molecular complexity index is 1440. The van der Waals surface area contributed by atoms with Gasteiger partial charge in [-0.05, 0) is 111 Å². The number of benzene rings is 4. The zero-order valence-electron chi connectivity index (χ0n) is 25.3. The summed E-state index contributed by atoms with van der Waals surface area (Å²) in [6.07, 6.45) is 0. The lowest BCUT2D eigenvalue weighted by Gasteiger charge is -2.24. The monoisotopic (exact) mass is 561 g/mol. The third kappa shape index (κ3) is 7.13. The molecule has 0 aliphatic rings. The van der Waals surface area contributed by atoms with Gasteiger partial charge in [0.2, 0.25) is 0 Å². The van der Waals surface area contributed by atoms with Crippen LogP contribution in [0.1, 0.15) is 85.2 Å². The molecule has 0 aromatic heterocycles. The summed E-state index contributed by atoms with van der Waals surface area (Å²) in [7, 11) is 0. The van der Waals surface area contributed by atoms with Crippen LogP contribution in [0.4, 0.5) is 17.1 Å². The van der Waals surface area contributed by atoms with Gasteiger partial charge in [0.1, 0.15) is 0 Å². The number of carbonyl (C=O) groups excluding carboxylic acids is 3. The van der Waals surface area contributed by atoms with Crippen LogP contribution in [0.2, 0.25) is 0 Å². The Balaban J connectivity index is 1.68. The molecule has 0 aliphatic heterocycles. The minimum absolute atomic E-state index is 0.0331. The van der Waals surface area contributed by atoms with Gasteiger partial charge in [0.05, 0.1) is 0 Å². The van der Waals surface area contributed by atoms with Crippen molar-refractivity contribution < 1.29 is 14.4 Å². The van der Waals surface area contributed by atoms with Crippen LogP contribution in [-0.2, 0) is 19.6 Å². The fraction of sp³-hybridized carbons (Fsp3) is 0.250. The second kappa shape index (κ2) is 13.3. The van der Waals surface area contributed by atoms with Crippen LogP contribution in [0.15, 0.2) is 72.8 Å². The molecule has 42 heavy (non-hydrogen) atoms. The Hall–Kier alpha value is -4.71. The summed E-state index contributed by atoms with van der Waals surface area (Å²) in [6.45, 7) is 13.0. The quantitative estimate of drug-likeness (QED) is 0.152. The maximum Gasteiger partial charge on any atom is 0.159 e. The largest absolute Gasteiger partial charge is 0.381 e. The fourth-order valence-corrected chi connectivity index (χ4v) is 5.30. The predicted molar refractivity (Wildman–Crippen MR) is 172 cm³/mol. The number of hydrogen-bond donors (Lipinski definition) is 3. The first-order chi connectivity index (χ1) is 20.0. The molecule has 0 unspecified atom stereocenters. The molecule has 0 fully saturated rings. The van der Waals surface area contributed by atoms with Crippen LogP contribution in [0, 0.1) is 20.8 Å². The second-order valence-electron chi connectivity index (χ2n) is 10.8. The van der Waals surface area contributed by atoms with E-state index in [1.807, 2.05) is 72.8 Å². The van der Waals surface area contributed by atoms with Crippen molar-refractivity contribution in [2.45, 2.75) is 61.2 Å². The summed E-state index contributed by atoms with van der Waals surface area (Å²) in [5.41, 5.74) is 11.9. The van der Waals surface area contributed by atoms with Gasteiger partial charge in [-0.3, -0.25) is 14.4 Å². The second-order valence-corrected chi connectivity index (χ2v) is 10.8. The Morgan fingerprint density at radius 2 is 0.738 bits per heavy atom. The van der Waals surface area contributed by atoms with E-state index in [-0.39, 0.29) is 17.3 Å². The molecule has 0 spiro atoms. The predicted octanol–water partition coefficient (Wildman–Crippen LogP) is 8.06. The SMILES string of the molecule is CC(=O)c1cccc(NCc2c(C)c(CNc3cccc(C(C)=O)c3)c(C)c(CNc3cccc(C(C)=O)c3)c2C)c1. The fourth-order valence-electron chi connectivity index (χ4n) is 5.30. The van der Waals surface area contributed by atoms with Crippen molar-refractivity contribution in [3.8, 4) is 0 Å². The molecule has 4 rings (SSSR count). The Morgan fingerprint density at radius 3 is 0.976 bits per heavy atom. The van der Waals surface area contributed by atoms with Gasteiger partial charge in [0.15, 0.2) is 17.3 Å². The zero-order chi connectivity index (χ0) is 30.4. The smallest absolute Gasteiger partial charge is 0.159 e. The highest BCUT2D eigenvalue weighted by Crippen LogP contribution is 2.30. The summed E-state index contributed by atoms with van der Waals surface area (Å²) in [4.78, 5) is 35.8. The molecular weight excluding hydrogens is 522 g/mol. The van der Waals surface area contributed by atoms with E-state index in [1.54, 1.807) is 20.8 Å². The van der Waals surface area contributed by atoms with E-state index >= 15 is 0 Å². The first kappa shape index (κ1) is 30.3. The third-order valence-corrected chi connectivity index (χ3v) is 7.93. The maximum atomic E-state index is 11.9. The first-order valence-corrected chi connectivity index (χ1v) is 14.2. The normalized spacial score (nSPS) is 10.7. The highest BCUT2D eigenvalue weighted by Gasteiger charge is 2.18. The molecular formula is C36H39N3O3. The lowest BCUT2D eigenvalue weighted by molar-refractivity contribution is 0.100. The van der Waals surface area contributed by atoms with Crippen LogP contribution in [0.5, 0.6) is 0 Å². The Morgan fingerprint density at radius 1 is 0.476 bits per heavy atom. The molecule has 4 aromatic carbocycles. The molecule has 0 saturated carbocycles. The van der Waals surface area contributed by atoms with Crippen LogP contribution in [0.3, 0.4) is 0 Å². The number of anilines is 3. The summed E-state index contributed by atoms with van der Waals surface area (Å²) < 4.78 is 0. The van der Waals surface area contributed by atoms with E-state index < -0.39 is 0 Å². The van der Waals surface area contributed by atoms with Crippen molar-refractivity contribution in [3.05, 3.63) is 123 Å². The van der Waals surface area contributed by atoms with Crippen molar-refractivity contribution in [1.29, 1.82) is 0 Å². The van der Waals surface area contributed by atoms with Crippen LogP contribution < -0.4 is 16.0 Å². The molecule has 0 heterocycles. The topological polar surface area (TPSA) is 87.3 Å². The Kier molecular flexibility index (Phi) is 9.58. The number of rotatable bonds is 12. The maximum absolute atomic E-state index is 11.9. The van der Waals surface area contributed by atoms with Crippen LogP contribution in [-0.4, -0.2) is 17.3 Å². The van der Waals surface area contributed by atoms with E-state index in [9.17, 15) is 14.4 Å². The van der Waals surface area contributed by atoms with Gasteiger partial charge in [0.25, 0.3) is 0 Å². The minimum Gasteiger partial charge on any atom is -0.381 e. The molecule has 6 heteroatoms. The molecule has 4 aromatic rings. The van der Waals surface area contributed by atoms with E-state index in [0.29, 0.717) is 36.3 Å². The third-order valence-electron chi connectivity index (χ3n) is 7.93. The standard InChI is InChI=1S/C36H39N3O3/c1-22-34(19-37-31-13-7-10-28(16-31)25(4)40)23(2)36(21-39-33-15-9-12-30(18-33)27(6)42)24(3)35(22)20-38-32-14-8-11-29(17-32)26(5)41/h7-18,37-39H,19-21H2,1-6H3. The molecule has 0 aliphatic carbocycles. The van der Waals surface area contributed by atoms with E-state index in [2.05, 4.69) is 36.7 Å². The van der Waals surface area contributed by atoms with Gasteiger partial charge in [-0.2, -0.15) is 0 Å². The molecule has 0 atom stereocenters. The highest BCUT2D eigenvalue weighted by molar-refractivity contribution is 5.96.